The van der Waals surface area contributed by atoms with Crippen LogP contribution in [0.25, 0.3) is 0 Å². The number of hydrogen-bond donors (Lipinski definition) is 3. The molecule has 0 aliphatic heterocycles. The second kappa shape index (κ2) is 8.65. The van der Waals surface area contributed by atoms with E-state index in [1.54, 1.807) is 18.3 Å². The first-order chi connectivity index (χ1) is 13.9. The number of nitrogens with one attached hydrogen (secondary N) is 3. The van der Waals surface area contributed by atoms with Crippen molar-refractivity contribution in [3.8, 4) is 5.88 Å². The van der Waals surface area contributed by atoms with Crippen LogP contribution in [0, 0.1) is 11.6 Å². The molecule has 2 aromatic heterocycles. The fraction of sp³-hybridized carbons (Fsp3) is 0.111. The molecule has 0 aliphatic rings. The predicted molar refractivity (Wildman–Crippen MR) is 99.9 cm³/mol. The lowest BCUT2D eigenvalue weighted by molar-refractivity contribution is 0.0945. The van der Waals surface area contributed by atoms with Crippen molar-refractivity contribution in [2.45, 2.75) is 6.54 Å². The van der Waals surface area contributed by atoms with E-state index in [2.05, 4.69) is 25.8 Å². The first kappa shape index (κ1) is 20.2. The zero-order chi connectivity index (χ0) is 21.0. The van der Waals surface area contributed by atoms with Gasteiger partial charge in [0.2, 0.25) is 5.88 Å². The average molecular weight is 422 g/mol. The van der Waals surface area contributed by atoms with Crippen LogP contribution in [-0.4, -0.2) is 34.1 Å². The van der Waals surface area contributed by atoms with E-state index in [9.17, 15) is 18.4 Å². The highest BCUT2D eigenvalue weighted by Crippen LogP contribution is 2.21. The minimum atomic E-state index is -1.21. The highest BCUT2D eigenvalue weighted by Gasteiger charge is 2.17. The molecule has 2 amide bonds. The first-order valence-corrected chi connectivity index (χ1v) is 8.53. The highest BCUT2D eigenvalue weighted by atomic mass is 35.5. The van der Waals surface area contributed by atoms with Gasteiger partial charge in [-0.05, 0) is 17.7 Å². The summed E-state index contributed by atoms with van der Waals surface area (Å²) in [5.41, 5.74) is 0.560. The van der Waals surface area contributed by atoms with Crippen molar-refractivity contribution in [3.05, 3.63) is 70.0 Å². The third-order valence-corrected chi connectivity index (χ3v) is 4.09. The Kier molecular flexibility index (Phi) is 6.03. The van der Waals surface area contributed by atoms with E-state index in [1.807, 2.05) is 0 Å². The zero-order valence-electron chi connectivity index (χ0n) is 14.9. The number of nitrogens with zero attached hydrogens (tertiary/aromatic N) is 2. The standard InChI is InChI=1S/C18H14ClF2N5O3/c1-29-16-3-2-9(7-22-16)8-23-18(28)14-6-15(26-25-14)24-17(27)10-4-12(20)13(21)5-11(10)19/h2-7H,8H2,1H3,(H,23,28)(H2,24,25,26,27). The molecule has 0 aliphatic carbocycles. The second-order valence-electron chi connectivity index (χ2n) is 5.76. The molecule has 0 bridgehead atoms. The summed E-state index contributed by atoms with van der Waals surface area (Å²) in [6.45, 7) is 0.209. The van der Waals surface area contributed by atoms with Gasteiger partial charge in [-0.3, -0.25) is 14.7 Å². The van der Waals surface area contributed by atoms with E-state index in [0.717, 1.165) is 5.56 Å². The number of pyridine rings is 1. The molecule has 0 atom stereocenters. The average Bonchev–Trinajstić information content (AvgIpc) is 3.17. The van der Waals surface area contributed by atoms with Gasteiger partial charge in [0.15, 0.2) is 17.5 Å². The maximum absolute atomic E-state index is 13.3. The maximum atomic E-state index is 13.3. The van der Waals surface area contributed by atoms with Crippen molar-refractivity contribution in [3.63, 3.8) is 0 Å². The third-order valence-electron chi connectivity index (χ3n) is 3.78. The molecule has 1 aromatic carbocycles. The van der Waals surface area contributed by atoms with Crippen molar-refractivity contribution in [2.24, 2.45) is 0 Å². The molecule has 3 aromatic rings. The van der Waals surface area contributed by atoms with Crippen LogP contribution in [0.2, 0.25) is 5.02 Å². The van der Waals surface area contributed by atoms with Gasteiger partial charge in [-0.15, -0.1) is 0 Å². The SMILES string of the molecule is COc1ccc(CNC(=O)c2cc(NC(=O)c3cc(F)c(F)cc3Cl)n[nH]2)cn1. The van der Waals surface area contributed by atoms with E-state index < -0.39 is 23.4 Å². The van der Waals surface area contributed by atoms with Gasteiger partial charge in [0.25, 0.3) is 11.8 Å². The highest BCUT2D eigenvalue weighted by molar-refractivity contribution is 6.34. The van der Waals surface area contributed by atoms with Crippen molar-refractivity contribution in [2.75, 3.05) is 12.4 Å². The number of carbonyl (C=O) groups excluding carboxylic acids is 2. The van der Waals surface area contributed by atoms with Gasteiger partial charge in [0, 0.05) is 24.9 Å². The minimum absolute atomic E-state index is 0.00654. The summed E-state index contributed by atoms with van der Waals surface area (Å²) in [5, 5.41) is 11.0. The van der Waals surface area contributed by atoms with E-state index in [-0.39, 0.29) is 28.6 Å². The van der Waals surface area contributed by atoms with Crippen LogP contribution in [0.3, 0.4) is 0 Å². The molecule has 2 heterocycles. The Morgan fingerprint density at radius 1 is 1.17 bits per heavy atom. The minimum Gasteiger partial charge on any atom is -0.481 e. The number of benzene rings is 1. The maximum Gasteiger partial charge on any atom is 0.269 e. The van der Waals surface area contributed by atoms with E-state index in [4.69, 9.17) is 16.3 Å². The van der Waals surface area contributed by atoms with Crippen LogP contribution >= 0.6 is 11.6 Å². The number of anilines is 1. The third kappa shape index (κ3) is 4.85. The lowest BCUT2D eigenvalue weighted by Crippen LogP contribution is -2.23. The molecule has 150 valence electrons. The number of methoxy groups -OCH3 is 1. The monoisotopic (exact) mass is 421 g/mol. The van der Waals surface area contributed by atoms with Gasteiger partial charge in [0.05, 0.1) is 17.7 Å². The molecule has 0 saturated carbocycles. The van der Waals surface area contributed by atoms with Crippen molar-refractivity contribution >= 4 is 29.2 Å². The van der Waals surface area contributed by atoms with Crippen molar-refractivity contribution in [1.29, 1.82) is 0 Å². The van der Waals surface area contributed by atoms with Gasteiger partial charge in [-0.2, -0.15) is 5.10 Å². The summed E-state index contributed by atoms with van der Waals surface area (Å²) in [7, 11) is 1.50. The lowest BCUT2D eigenvalue weighted by Gasteiger charge is -2.05. The van der Waals surface area contributed by atoms with Crippen molar-refractivity contribution in [1.82, 2.24) is 20.5 Å². The number of H-pyrrole nitrogens is 1. The molecular weight excluding hydrogens is 408 g/mol. The van der Waals surface area contributed by atoms with Gasteiger partial charge in [0.1, 0.15) is 5.69 Å². The summed E-state index contributed by atoms with van der Waals surface area (Å²) in [6.07, 6.45) is 1.56. The number of aromatic amines is 1. The topological polar surface area (TPSA) is 109 Å². The first-order valence-electron chi connectivity index (χ1n) is 8.16. The van der Waals surface area contributed by atoms with Crippen LogP contribution in [0.1, 0.15) is 26.4 Å². The van der Waals surface area contributed by atoms with E-state index >= 15 is 0 Å². The molecule has 0 radical (unpaired) electrons. The lowest BCUT2D eigenvalue weighted by atomic mass is 10.2. The van der Waals surface area contributed by atoms with Crippen molar-refractivity contribution < 1.29 is 23.1 Å². The Morgan fingerprint density at radius 2 is 1.93 bits per heavy atom. The molecule has 3 rings (SSSR count). The van der Waals surface area contributed by atoms with Crippen LogP contribution in [0.4, 0.5) is 14.6 Å². The molecule has 0 saturated heterocycles. The van der Waals surface area contributed by atoms with E-state index in [1.165, 1.54) is 13.2 Å². The molecule has 0 spiro atoms. The summed E-state index contributed by atoms with van der Waals surface area (Å²) >= 11 is 5.76. The Balaban J connectivity index is 1.61. The van der Waals surface area contributed by atoms with Gasteiger partial charge in [-0.1, -0.05) is 17.7 Å². The fourth-order valence-electron chi connectivity index (χ4n) is 2.30. The molecular formula is C18H14ClF2N5O3. The smallest absolute Gasteiger partial charge is 0.269 e. The molecule has 29 heavy (non-hydrogen) atoms. The van der Waals surface area contributed by atoms with Gasteiger partial charge < -0.3 is 15.4 Å². The number of halogens is 3. The number of aromatic nitrogens is 3. The Hall–Kier alpha value is -3.53. The number of rotatable bonds is 6. The predicted octanol–water partition coefficient (Wildman–Crippen LogP) is 2.93. The molecule has 11 heteroatoms. The summed E-state index contributed by atoms with van der Waals surface area (Å²) in [4.78, 5) is 28.4. The zero-order valence-corrected chi connectivity index (χ0v) is 15.7. The van der Waals surface area contributed by atoms with Gasteiger partial charge >= 0.3 is 0 Å². The quantitative estimate of drug-likeness (QED) is 0.530. The summed E-state index contributed by atoms with van der Waals surface area (Å²) in [5.74, 6) is -3.20. The molecule has 0 unspecified atom stereocenters. The molecule has 0 fully saturated rings. The Labute approximate surface area is 168 Å². The Morgan fingerprint density at radius 3 is 2.62 bits per heavy atom. The van der Waals surface area contributed by atoms with Crippen LogP contribution in [-0.2, 0) is 6.54 Å². The summed E-state index contributed by atoms with van der Waals surface area (Å²) < 4.78 is 31.4. The van der Waals surface area contributed by atoms with Gasteiger partial charge in [-0.25, -0.2) is 13.8 Å². The molecule has 3 N–H and O–H groups in total. The largest absolute Gasteiger partial charge is 0.481 e. The number of ether oxygens (including phenoxy) is 1. The van der Waals surface area contributed by atoms with Crippen LogP contribution < -0.4 is 15.4 Å². The Bertz CT molecular complexity index is 1060. The van der Waals surface area contributed by atoms with E-state index in [0.29, 0.717) is 18.0 Å². The van der Waals surface area contributed by atoms with Crippen LogP contribution in [0.5, 0.6) is 5.88 Å². The summed E-state index contributed by atoms with van der Waals surface area (Å²) in [6, 6.07) is 6.07. The fourth-order valence-corrected chi connectivity index (χ4v) is 2.53. The number of carbonyl (C=O) groups is 2. The van der Waals surface area contributed by atoms with Crippen LogP contribution in [0.15, 0.2) is 36.5 Å². The molecule has 8 nitrogen and oxygen atoms in total. The normalized spacial score (nSPS) is 10.5. The number of amides is 2. The number of hydrogen-bond acceptors (Lipinski definition) is 5. The second-order valence-corrected chi connectivity index (χ2v) is 6.17.